The molecule has 1 saturated heterocycles. The molecule has 0 saturated carbocycles. The molecule has 0 spiro atoms. The molecule has 1 rings (SSSR count). The van der Waals surface area contributed by atoms with Gasteiger partial charge in [-0.15, -0.1) is 0 Å². The van der Waals surface area contributed by atoms with E-state index in [1.165, 1.54) is 19.3 Å². The fraction of sp³-hybridized carbons (Fsp3) is 0.833. The fourth-order valence-corrected chi connectivity index (χ4v) is 1.03. The first-order valence-corrected chi connectivity index (χ1v) is 3.15. The van der Waals surface area contributed by atoms with Crippen LogP contribution < -0.4 is 0 Å². The maximum absolute atomic E-state index is 9.59. The van der Waals surface area contributed by atoms with Crippen LogP contribution in [-0.4, -0.2) is 31.2 Å². The van der Waals surface area contributed by atoms with Gasteiger partial charge in [-0.1, -0.05) is 0 Å². The van der Waals surface area contributed by atoms with Crippen LogP contribution >= 0.6 is 0 Å². The number of likely N-dealkylation sites (tertiary alicyclic amines) is 1. The second-order valence-corrected chi connectivity index (χ2v) is 2.18. The van der Waals surface area contributed by atoms with Gasteiger partial charge < -0.3 is 4.74 Å². The van der Waals surface area contributed by atoms with Crippen molar-refractivity contribution in [3.05, 3.63) is 0 Å². The van der Waals surface area contributed by atoms with E-state index in [2.05, 4.69) is 9.64 Å². The van der Waals surface area contributed by atoms with Crippen molar-refractivity contribution in [3.63, 3.8) is 0 Å². The van der Waals surface area contributed by atoms with Crippen LogP contribution in [-0.2, 0) is 9.53 Å². The largest absolute Gasteiger partial charge is 0.441 e. The third-order valence-corrected chi connectivity index (χ3v) is 1.50. The number of rotatable bonds is 3. The third kappa shape index (κ3) is 2.01. The van der Waals surface area contributed by atoms with Crippen LogP contribution in [0.5, 0.6) is 0 Å². The Bertz CT molecular complexity index is 89.1. The lowest BCUT2D eigenvalue weighted by Crippen LogP contribution is -2.21. The molecule has 1 aliphatic heterocycles. The minimum absolute atomic E-state index is 0.420. The molecule has 0 aromatic rings. The van der Waals surface area contributed by atoms with Gasteiger partial charge in [0.25, 0.3) is 0 Å². The zero-order valence-electron chi connectivity index (χ0n) is 5.30. The number of hydrogen-bond acceptors (Lipinski definition) is 3. The van der Waals surface area contributed by atoms with Crippen molar-refractivity contribution < 1.29 is 9.53 Å². The Morgan fingerprint density at radius 3 is 2.67 bits per heavy atom. The fourth-order valence-electron chi connectivity index (χ4n) is 1.03. The van der Waals surface area contributed by atoms with Crippen LogP contribution in [0.3, 0.4) is 0 Å². The Labute approximate surface area is 54.6 Å². The normalized spacial score (nSPS) is 20.0. The Balaban J connectivity index is 2.04. The van der Waals surface area contributed by atoms with Gasteiger partial charge in [-0.2, -0.15) is 0 Å². The molecular formula is C6H10NO2. The smallest absolute Gasteiger partial charge is 0.418 e. The molecule has 1 radical (unpaired) electrons. The average Bonchev–Trinajstić information content (AvgIpc) is 2.34. The van der Waals surface area contributed by atoms with E-state index in [9.17, 15) is 4.79 Å². The van der Waals surface area contributed by atoms with Crippen LogP contribution in [0, 0.1) is 0 Å². The van der Waals surface area contributed by atoms with Gasteiger partial charge in [0.2, 0.25) is 0 Å². The maximum Gasteiger partial charge on any atom is 0.418 e. The van der Waals surface area contributed by atoms with Gasteiger partial charge in [-0.25, -0.2) is 4.79 Å². The quantitative estimate of drug-likeness (QED) is 0.540. The minimum Gasteiger partial charge on any atom is -0.441 e. The summed E-state index contributed by atoms with van der Waals surface area (Å²) in [7, 11) is 0. The molecule has 9 heavy (non-hydrogen) atoms. The summed E-state index contributed by atoms with van der Waals surface area (Å²) in [6.45, 7) is 3.94. The summed E-state index contributed by atoms with van der Waals surface area (Å²) in [6.07, 6.45) is 2.45. The van der Waals surface area contributed by atoms with Crippen molar-refractivity contribution in [1.29, 1.82) is 0 Å². The van der Waals surface area contributed by atoms with Crippen molar-refractivity contribution in [2.75, 3.05) is 19.8 Å². The van der Waals surface area contributed by atoms with Gasteiger partial charge in [0, 0.05) is 13.1 Å². The SMILES string of the molecule is O=[C]OCN1CCCC1. The van der Waals surface area contributed by atoms with E-state index in [-0.39, 0.29) is 0 Å². The highest BCUT2D eigenvalue weighted by Gasteiger charge is 2.10. The molecule has 51 valence electrons. The lowest BCUT2D eigenvalue weighted by Gasteiger charge is -2.10. The van der Waals surface area contributed by atoms with Crippen molar-refractivity contribution in [2.24, 2.45) is 0 Å². The highest BCUT2D eigenvalue weighted by Crippen LogP contribution is 2.05. The summed E-state index contributed by atoms with van der Waals surface area (Å²) in [4.78, 5) is 11.7. The number of nitrogens with zero attached hydrogens (tertiary/aromatic N) is 1. The molecule has 0 aromatic carbocycles. The molecule has 0 bridgehead atoms. The molecule has 3 nitrogen and oxygen atoms in total. The van der Waals surface area contributed by atoms with Gasteiger partial charge >= 0.3 is 6.47 Å². The topological polar surface area (TPSA) is 29.5 Å². The molecular weight excluding hydrogens is 118 g/mol. The van der Waals surface area contributed by atoms with Crippen LogP contribution in [0.15, 0.2) is 0 Å². The highest BCUT2D eigenvalue weighted by atomic mass is 16.5. The molecule has 1 aliphatic rings. The van der Waals surface area contributed by atoms with Crippen molar-refractivity contribution in [3.8, 4) is 0 Å². The monoisotopic (exact) mass is 128 g/mol. The lowest BCUT2D eigenvalue weighted by molar-refractivity contribution is 0.136. The van der Waals surface area contributed by atoms with Gasteiger partial charge in [-0.05, 0) is 12.8 Å². The van der Waals surface area contributed by atoms with E-state index in [0.29, 0.717) is 6.73 Å². The van der Waals surface area contributed by atoms with Crippen LogP contribution in [0.2, 0.25) is 0 Å². The minimum atomic E-state index is 0.420. The van der Waals surface area contributed by atoms with Gasteiger partial charge in [0.15, 0.2) is 0 Å². The molecule has 1 heterocycles. The molecule has 0 N–H and O–H groups in total. The Kier molecular flexibility index (Phi) is 2.51. The van der Waals surface area contributed by atoms with E-state index >= 15 is 0 Å². The standard InChI is InChI=1S/C6H10NO2/c8-6-9-5-7-3-1-2-4-7/h1-5H2. The van der Waals surface area contributed by atoms with Gasteiger partial charge in [0.1, 0.15) is 6.73 Å². The van der Waals surface area contributed by atoms with Crippen molar-refractivity contribution in [1.82, 2.24) is 4.90 Å². The Morgan fingerprint density at radius 2 is 2.11 bits per heavy atom. The number of hydrogen-bond donors (Lipinski definition) is 0. The van der Waals surface area contributed by atoms with E-state index in [1.807, 2.05) is 0 Å². The summed E-state index contributed by atoms with van der Waals surface area (Å²) in [5, 5.41) is 0. The molecule has 0 aromatic heterocycles. The molecule has 0 amide bonds. The molecule has 0 aliphatic carbocycles. The lowest BCUT2D eigenvalue weighted by atomic mass is 10.4. The summed E-state index contributed by atoms with van der Waals surface area (Å²) >= 11 is 0. The number of carbonyl (C=O) groups excluding carboxylic acids is 1. The zero-order valence-corrected chi connectivity index (χ0v) is 5.30. The Hall–Kier alpha value is -0.570. The van der Waals surface area contributed by atoms with Crippen LogP contribution in [0.1, 0.15) is 12.8 Å². The summed E-state index contributed by atoms with van der Waals surface area (Å²) in [5.41, 5.74) is 0. The van der Waals surface area contributed by atoms with Gasteiger partial charge in [0.05, 0.1) is 0 Å². The van der Waals surface area contributed by atoms with Crippen molar-refractivity contribution >= 4 is 6.47 Å². The highest BCUT2D eigenvalue weighted by molar-refractivity contribution is 5.37. The first-order valence-electron chi connectivity index (χ1n) is 3.15. The van der Waals surface area contributed by atoms with Gasteiger partial charge in [-0.3, -0.25) is 4.90 Å². The van der Waals surface area contributed by atoms with Crippen LogP contribution in [0.25, 0.3) is 0 Å². The van der Waals surface area contributed by atoms with Crippen molar-refractivity contribution in [2.45, 2.75) is 12.8 Å². The molecule has 3 heteroatoms. The second kappa shape index (κ2) is 3.45. The first-order chi connectivity index (χ1) is 4.43. The second-order valence-electron chi connectivity index (χ2n) is 2.18. The summed E-state index contributed by atoms with van der Waals surface area (Å²) in [5.74, 6) is 0. The number of ether oxygens (including phenoxy) is 1. The summed E-state index contributed by atoms with van der Waals surface area (Å²) in [6, 6.07) is 0. The zero-order chi connectivity index (χ0) is 6.53. The van der Waals surface area contributed by atoms with E-state index in [1.54, 1.807) is 0 Å². The molecule has 0 unspecified atom stereocenters. The molecule has 0 atom stereocenters. The van der Waals surface area contributed by atoms with E-state index in [4.69, 9.17) is 0 Å². The Morgan fingerprint density at radius 1 is 1.44 bits per heavy atom. The third-order valence-electron chi connectivity index (χ3n) is 1.50. The maximum atomic E-state index is 9.59. The predicted octanol–water partition coefficient (Wildman–Crippen LogP) is 0.124. The predicted molar refractivity (Wildman–Crippen MR) is 32.5 cm³/mol. The van der Waals surface area contributed by atoms with E-state index in [0.717, 1.165) is 13.1 Å². The van der Waals surface area contributed by atoms with Crippen LogP contribution in [0.4, 0.5) is 0 Å². The summed E-state index contributed by atoms with van der Waals surface area (Å²) < 4.78 is 4.44. The average molecular weight is 128 g/mol. The van der Waals surface area contributed by atoms with E-state index < -0.39 is 0 Å². The molecule has 1 fully saturated rings. The first kappa shape index (κ1) is 6.55.